The summed E-state index contributed by atoms with van der Waals surface area (Å²) in [7, 11) is 0. The quantitative estimate of drug-likeness (QED) is 0.853. The van der Waals surface area contributed by atoms with Crippen LogP contribution in [0.4, 0.5) is 13.6 Å². The molecular formula is C20H21F2N3O. The Morgan fingerprint density at radius 1 is 1.08 bits per heavy atom. The summed E-state index contributed by atoms with van der Waals surface area (Å²) in [5, 5.41) is 0. The van der Waals surface area contributed by atoms with Gasteiger partial charge in [-0.15, -0.1) is 0 Å². The Morgan fingerprint density at radius 3 is 2.62 bits per heavy atom. The molecular weight excluding hydrogens is 336 g/mol. The highest BCUT2D eigenvalue weighted by Crippen LogP contribution is 2.37. The number of amides is 2. The number of fused-ring (bicyclic) bond motifs is 1. The van der Waals surface area contributed by atoms with Gasteiger partial charge in [0, 0.05) is 37.3 Å². The van der Waals surface area contributed by atoms with Crippen LogP contribution in [0.25, 0.3) is 0 Å². The van der Waals surface area contributed by atoms with Crippen molar-refractivity contribution in [3.05, 3.63) is 70.8 Å². The van der Waals surface area contributed by atoms with Crippen LogP contribution in [0.5, 0.6) is 0 Å². The Balaban J connectivity index is 1.77. The summed E-state index contributed by atoms with van der Waals surface area (Å²) < 4.78 is 28.0. The molecule has 2 N–H and O–H groups in total. The highest BCUT2D eigenvalue weighted by atomic mass is 19.1. The lowest BCUT2D eigenvalue weighted by molar-refractivity contribution is 0.145. The SMILES string of the molecule is N[C@@H]1CCN(C(=O)N2CCc3ccccc3[C@H]2c2ccc(F)cc2F)C1. The summed E-state index contributed by atoms with van der Waals surface area (Å²) in [6.45, 7) is 1.61. The fourth-order valence-electron chi connectivity index (χ4n) is 3.97. The van der Waals surface area contributed by atoms with E-state index >= 15 is 0 Å². The minimum Gasteiger partial charge on any atom is -0.326 e. The second-order valence-corrected chi connectivity index (χ2v) is 6.99. The molecule has 0 radical (unpaired) electrons. The van der Waals surface area contributed by atoms with Gasteiger partial charge in [-0.25, -0.2) is 13.6 Å². The number of carbonyl (C=O) groups is 1. The highest BCUT2D eigenvalue weighted by Gasteiger charge is 2.37. The van der Waals surface area contributed by atoms with E-state index in [1.54, 1.807) is 9.80 Å². The van der Waals surface area contributed by atoms with E-state index in [0.717, 1.165) is 23.6 Å². The summed E-state index contributed by atoms with van der Waals surface area (Å²) in [5.74, 6) is -1.26. The average molecular weight is 357 g/mol. The molecule has 0 unspecified atom stereocenters. The van der Waals surface area contributed by atoms with Crippen LogP contribution in [0.3, 0.4) is 0 Å². The lowest BCUT2D eigenvalue weighted by atomic mass is 9.88. The van der Waals surface area contributed by atoms with Crippen LogP contribution in [0.1, 0.15) is 29.2 Å². The van der Waals surface area contributed by atoms with Crippen LogP contribution in [-0.4, -0.2) is 41.5 Å². The Hall–Kier alpha value is -2.47. The topological polar surface area (TPSA) is 49.6 Å². The maximum atomic E-state index is 14.6. The molecule has 2 heterocycles. The molecule has 2 aromatic rings. The molecule has 2 aromatic carbocycles. The van der Waals surface area contributed by atoms with Crippen molar-refractivity contribution in [1.82, 2.24) is 9.80 Å². The second kappa shape index (κ2) is 6.68. The fraction of sp³-hybridized carbons (Fsp3) is 0.350. The van der Waals surface area contributed by atoms with Crippen molar-refractivity contribution < 1.29 is 13.6 Å². The van der Waals surface area contributed by atoms with E-state index in [1.165, 1.54) is 12.1 Å². The molecule has 2 aliphatic rings. The molecule has 136 valence electrons. The normalized spacial score (nSPS) is 22.4. The lowest BCUT2D eigenvalue weighted by Crippen LogP contribution is -2.48. The lowest BCUT2D eigenvalue weighted by Gasteiger charge is -2.39. The molecule has 0 spiro atoms. The van der Waals surface area contributed by atoms with Gasteiger partial charge in [0.15, 0.2) is 0 Å². The van der Waals surface area contributed by atoms with Gasteiger partial charge in [-0.05, 0) is 30.0 Å². The third kappa shape index (κ3) is 2.94. The summed E-state index contributed by atoms with van der Waals surface area (Å²) >= 11 is 0. The van der Waals surface area contributed by atoms with Crippen LogP contribution >= 0.6 is 0 Å². The van der Waals surface area contributed by atoms with E-state index in [-0.39, 0.29) is 12.1 Å². The van der Waals surface area contributed by atoms with Crippen molar-refractivity contribution >= 4 is 6.03 Å². The number of halogens is 2. The van der Waals surface area contributed by atoms with Crippen molar-refractivity contribution in [3.8, 4) is 0 Å². The molecule has 4 nitrogen and oxygen atoms in total. The van der Waals surface area contributed by atoms with Gasteiger partial charge in [0.1, 0.15) is 11.6 Å². The Kier molecular flexibility index (Phi) is 4.36. The molecule has 6 heteroatoms. The van der Waals surface area contributed by atoms with Gasteiger partial charge in [-0.2, -0.15) is 0 Å². The van der Waals surface area contributed by atoms with Crippen LogP contribution in [-0.2, 0) is 6.42 Å². The molecule has 2 amide bonds. The van der Waals surface area contributed by atoms with Crippen LogP contribution < -0.4 is 5.73 Å². The largest absolute Gasteiger partial charge is 0.326 e. The van der Waals surface area contributed by atoms with Gasteiger partial charge >= 0.3 is 6.03 Å². The van der Waals surface area contributed by atoms with Crippen molar-refractivity contribution in [1.29, 1.82) is 0 Å². The maximum Gasteiger partial charge on any atom is 0.320 e. The molecule has 1 saturated heterocycles. The number of likely N-dealkylation sites (tertiary alicyclic amines) is 1. The van der Waals surface area contributed by atoms with Gasteiger partial charge < -0.3 is 15.5 Å². The first-order valence-electron chi connectivity index (χ1n) is 8.88. The van der Waals surface area contributed by atoms with Crippen LogP contribution in [0.15, 0.2) is 42.5 Å². The predicted octanol–water partition coefficient (Wildman–Crippen LogP) is 3.07. The van der Waals surface area contributed by atoms with Crippen molar-refractivity contribution in [2.75, 3.05) is 19.6 Å². The smallest absolute Gasteiger partial charge is 0.320 e. The molecule has 0 saturated carbocycles. The number of carbonyl (C=O) groups excluding carboxylic acids is 1. The molecule has 2 atom stereocenters. The average Bonchev–Trinajstić information content (AvgIpc) is 3.07. The molecule has 4 rings (SSSR count). The zero-order chi connectivity index (χ0) is 18.3. The van der Waals surface area contributed by atoms with Crippen molar-refractivity contribution in [2.24, 2.45) is 5.73 Å². The number of urea groups is 1. The van der Waals surface area contributed by atoms with E-state index in [2.05, 4.69) is 0 Å². The van der Waals surface area contributed by atoms with E-state index < -0.39 is 17.7 Å². The fourth-order valence-corrected chi connectivity index (χ4v) is 3.97. The zero-order valence-electron chi connectivity index (χ0n) is 14.4. The van der Waals surface area contributed by atoms with Crippen molar-refractivity contribution in [2.45, 2.75) is 24.9 Å². The van der Waals surface area contributed by atoms with Gasteiger partial charge in [-0.3, -0.25) is 0 Å². The Morgan fingerprint density at radius 2 is 1.88 bits per heavy atom. The Bertz CT molecular complexity index is 842. The molecule has 1 fully saturated rings. The van der Waals surface area contributed by atoms with E-state index in [4.69, 9.17) is 5.73 Å². The summed E-state index contributed by atoms with van der Waals surface area (Å²) in [4.78, 5) is 16.5. The highest BCUT2D eigenvalue weighted by molar-refractivity contribution is 5.76. The van der Waals surface area contributed by atoms with E-state index in [9.17, 15) is 13.6 Å². The molecule has 0 bridgehead atoms. The summed E-state index contributed by atoms with van der Waals surface area (Å²) in [6, 6.07) is 10.6. The van der Waals surface area contributed by atoms with Gasteiger partial charge in [0.2, 0.25) is 0 Å². The predicted molar refractivity (Wildman–Crippen MR) is 94.6 cm³/mol. The number of hydrogen-bond acceptors (Lipinski definition) is 2. The first-order valence-corrected chi connectivity index (χ1v) is 8.88. The molecule has 26 heavy (non-hydrogen) atoms. The van der Waals surface area contributed by atoms with Crippen molar-refractivity contribution in [3.63, 3.8) is 0 Å². The minimum absolute atomic E-state index is 0.0166. The summed E-state index contributed by atoms with van der Waals surface area (Å²) in [6.07, 6.45) is 1.48. The first kappa shape index (κ1) is 17.0. The number of nitrogens with two attached hydrogens (primary N) is 1. The minimum atomic E-state index is -0.636. The second-order valence-electron chi connectivity index (χ2n) is 6.99. The van der Waals surface area contributed by atoms with E-state index in [0.29, 0.717) is 31.6 Å². The number of benzene rings is 2. The van der Waals surface area contributed by atoms with Gasteiger partial charge in [0.05, 0.1) is 6.04 Å². The van der Waals surface area contributed by atoms with Crippen LogP contribution in [0, 0.1) is 11.6 Å². The number of nitrogens with zero attached hydrogens (tertiary/aromatic N) is 2. The molecule has 0 aliphatic carbocycles. The van der Waals surface area contributed by atoms with E-state index in [1.807, 2.05) is 24.3 Å². The third-order valence-corrected chi connectivity index (χ3v) is 5.28. The number of hydrogen-bond donors (Lipinski definition) is 1. The van der Waals surface area contributed by atoms with Gasteiger partial charge in [0.25, 0.3) is 0 Å². The standard InChI is InChI=1S/C20H21F2N3O/c21-14-5-6-17(18(22)11-14)19-16-4-2-1-3-13(16)7-10-25(19)20(26)24-9-8-15(23)12-24/h1-6,11,15,19H,7-10,12,23H2/t15-,19+/m1/s1. The first-order chi connectivity index (χ1) is 12.5. The monoisotopic (exact) mass is 357 g/mol. The summed E-state index contributed by atoms with van der Waals surface area (Å²) in [5.41, 5.74) is 8.23. The van der Waals surface area contributed by atoms with Gasteiger partial charge in [-0.1, -0.05) is 30.3 Å². The maximum absolute atomic E-state index is 14.6. The Labute approximate surface area is 151 Å². The molecule has 0 aromatic heterocycles. The van der Waals surface area contributed by atoms with Crippen LogP contribution in [0.2, 0.25) is 0 Å². The zero-order valence-corrected chi connectivity index (χ0v) is 14.4. The number of rotatable bonds is 1. The third-order valence-electron chi connectivity index (χ3n) is 5.28. The molecule has 2 aliphatic heterocycles.